The number of morpholine rings is 1. The molecule has 1 aliphatic heterocycles. The van der Waals surface area contributed by atoms with Gasteiger partial charge in [0.05, 0.1) is 17.8 Å². The minimum atomic E-state index is -2.95. The number of ether oxygens (including phenoxy) is 2. The number of carbonyl (C=O) groups excluding carboxylic acids is 1. The van der Waals surface area contributed by atoms with E-state index >= 15 is 0 Å². The summed E-state index contributed by atoms with van der Waals surface area (Å²) in [6.45, 7) is 4.22. The molecule has 1 aromatic carbocycles. The number of hydrogen-bond acceptors (Lipinski definition) is 4. The molecule has 7 heteroatoms. The van der Waals surface area contributed by atoms with E-state index in [1.54, 1.807) is 12.1 Å². The highest BCUT2D eigenvalue weighted by atomic mass is 19.3. The molecule has 1 N–H and O–H groups in total. The minimum Gasteiger partial charge on any atom is -0.434 e. The second-order valence-electron chi connectivity index (χ2n) is 6.00. The van der Waals surface area contributed by atoms with Crippen molar-refractivity contribution in [1.29, 1.82) is 0 Å². The van der Waals surface area contributed by atoms with E-state index in [1.807, 2.05) is 13.8 Å². The van der Waals surface area contributed by atoms with E-state index in [0.717, 1.165) is 26.1 Å². The van der Waals surface area contributed by atoms with Crippen molar-refractivity contribution in [3.8, 4) is 5.75 Å². The lowest BCUT2D eigenvalue weighted by molar-refractivity contribution is -0.0680. The molecule has 2 unspecified atom stereocenters. The predicted octanol–water partition coefficient (Wildman–Crippen LogP) is 2.52. The van der Waals surface area contributed by atoms with E-state index in [2.05, 4.69) is 15.0 Å². The first kappa shape index (κ1) is 18.6. The van der Waals surface area contributed by atoms with Crippen LogP contribution in [-0.2, 0) is 4.74 Å². The van der Waals surface area contributed by atoms with Gasteiger partial charge < -0.3 is 14.8 Å². The number of alkyl halides is 2. The summed E-state index contributed by atoms with van der Waals surface area (Å²) in [6.07, 6.45) is 1.20. The van der Waals surface area contributed by atoms with E-state index < -0.39 is 12.5 Å². The number of para-hydroxylation sites is 1. The van der Waals surface area contributed by atoms with Gasteiger partial charge >= 0.3 is 6.61 Å². The van der Waals surface area contributed by atoms with Crippen molar-refractivity contribution in [2.24, 2.45) is 0 Å². The average molecular weight is 342 g/mol. The van der Waals surface area contributed by atoms with Crippen LogP contribution in [-0.4, -0.2) is 55.8 Å². The van der Waals surface area contributed by atoms with Crippen molar-refractivity contribution in [2.45, 2.75) is 39.1 Å². The van der Waals surface area contributed by atoms with Crippen LogP contribution in [0.25, 0.3) is 0 Å². The van der Waals surface area contributed by atoms with Gasteiger partial charge in [-0.15, -0.1) is 0 Å². The monoisotopic (exact) mass is 342 g/mol. The van der Waals surface area contributed by atoms with Crippen LogP contribution in [0, 0.1) is 0 Å². The van der Waals surface area contributed by atoms with Gasteiger partial charge in [0.2, 0.25) is 0 Å². The van der Waals surface area contributed by atoms with Crippen molar-refractivity contribution in [3.63, 3.8) is 0 Å². The van der Waals surface area contributed by atoms with Crippen LogP contribution in [0.3, 0.4) is 0 Å². The quantitative estimate of drug-likeness (QED) is 0.774. The smallest absolute Gasteiger partial charge is 0.387 e. The van der Waals surface area contributed by atoms with Crippen LogP contribution in [0.5, 0.6) is 5.75 Å². The molecular formula is C17H24F2N2O3. The zero-order valence-electron chi connectivity index (χ0n) is 14.0. The van der Waals surface area contributed by atoms with Crippen molar-refractivity contribution < 1.29 is 23.0 Å². The molecular weight excluding hydrogens is 318 g/mol. The summed E-state index contributed by atoms with van der Waals surface area (Å²) in [5.41, 5.74) is 0.117. The Morgan fingerprint density at radius 2 is 2.00 bits per heavy atom. The Kier molecular flexibility index (Phi) is 6.93. The standard InChI is InChI=1S/C17H24F2N2O3/c1-12-10-21(11-13(2)23-12)9-5-8-20-16(22)14-6-3-4-7-15(14)24-17(18)19/h3-4,6-7,12-13,17H,5,8-11H2,1-2H3,(H,20,22). The molecule has 1 fully saturated rings. The first-order valence-corrected chi connectivity index (χ1v) is 8.15. The number of benzene rings is 1. The molecule has 1 amide bonds. The summed E-state index contributed by atoms with van der Waals surface area (Å²) in [7, 11) is 0. The van der Waals surface area contributed by atoms with Gasteiger partial charge in [-0.2, -0.15) is 8.78 Å². The van der Waals surface area contributed by atoms with E-state index in [9.17, 15) is 13.6 Å². The Morgan fingerprint density at radius 1 is 1.33 bits per heavy atom. The number of halogens is 2. The minimum absolute atomic E-state index is 0.110. The molecule has 0 spiro atoms. The topological polar surface area (TPSA) is 50.8 Å². The number of carbonyl (C=O) groups is 1. The maximum Gasteiger partial charge on any atom is 0.387 e. The first-order valence-electron chi connectivity index (χ1n) is 8.15. The van der Waals surface area contributed by atoms with Crippen molar-refractivity contribution in [3.05, 3.63) is 29.8 Å². The third-order valence-electron chi connectivity index (χ3n) is 3.78. The Bertz CT molecular complexity index is 532. The van der Waals surface area contributed by atoms with Crippen LogP contribution < -0.4 is 10.1 Å². The fourth-order valence-electron chi connectivity index (χ4n) is 2.92. The van der Waals surface area contributed by atoms with Crippen LogP contribution in [0.1, 0.15) is 30.6 Å². The molecule has 0 radical (unpaired) electrons. The molecule has 1 aromatic rings. The van der Waals surface area contributed by atoms with Crippen molar-refractivity contribution in [2.75, 3.05) is 26.2 Å². The van der Waals surface area contributed by atoms with Crippen molar-refractivity contribution >= 4 is 5.91 Å². The number of hydrogen-bond donors (Lipinski definition) is 1. The number of nitrogens with zero attached hydrogens (tertiary/aromatic N) is 1. The summed E-state index contributed by atoms with van der Waals surface area (Å²) < 4.78 is 34.8. The van der Waals surface area contributed by atoms with E-state index in [4.69, 9.17) is 4.74 Å². The Morgan fingerprint density at radius 3 is 2.67 bits per heavy atom. The van der Waals surface area contributed by atoms with Crippen LogP contribution in [0.2, 0.25) is 0 Å². The molecule has 0 bridgehead atoms. The highest BCUT2D eigenvalue weighted by molar-refractivity contribution is 5.96. The number of amides is 1. The molecule has 24 heavy (non-hydrogen) atoms. The van der Waals surface area contributed by atoms with E-state index in [0.29, 0.717) is 6.54 Å². The summed E-state index contributed by atoms with van der Waals surface area (Å²) in [5.74, 6) is -0.518. The Balaban J connectivity index is 1.77. The lowest BCUT2D eigenvalue weighted by Crippen LogP contribution is -2.46. The lowest BCUT2D eigenvalue weighted by Gasteiger charge is -2.35. The molecule has 0 aliphatic carbocycles. The highest BCUT2D eigenvalue weighted by Gasteiger charge is 2.21. The van der Waals surface area contributed by atoms with Gasteiger partial charge in [0.25, 0.3) is 5.91 Å². The second-order valence-corrected chi connectivity index (χ2v) is 6.00. The largest absolute Gasteiger partial charge is 0.434 e. The summed E-state index contributed by atoms with van der Waals surface area (Å²) >= 11 is 0. The van der Waals surface area contributed by atoms with Gasteiger partial charge in [-0.05, 0) is 32.4 Å². The third-order valence-corrected chi connectivity index (χ3v) is 3.78. The summed E-state index contributed by atoms with van der Waals surface area (Å²) in [5, 5.41) is 2.75. The van der Waals surface area contributed by atoms with Gasteiger partial charge in [0, 0.05) is 26.2 Å². The van der Waals surface area contributed by atoms with Gasteiger partial charge in [-0.1, -0.05) is 12.1 Å². The zero-order valence-corrected chi connectivity index (χ0v) is 14.0. The SMILES string of the molecule is CC1CN(CCCNC(=O)c2ccccc2OC(F)F)CC(C)O1. The summed E-state index contributed by atoms with van der Waals surface area (Å²) in [6, 6.07) is 6.00. The van der Waals surface area contributed by atoms with Crippen LogP contribution in [0.15, 0.2) is 24.3 Å². The normalized spacial score (nSPS) is 21.7. The number of rotatable bonds is 7. The fourth-order valence-corrected chi connectivity index (χ4v) is 2.92. The molecule has 134 valence electrons. The average Bonchev–Trinajstić information content (AvgIpc) is 2.50. The molecule has 5 nitrogen and oxygen atoms in total. The molecule has 2 rings (SSSR count). The molecule has 0 aromatic heterocycles. The first-order chi connectivity index (χ1) is 11.5. The van der Waals surface area contributed by atoms with Gasteiger partial charge in [0.15, 0.2) is 0 Å². The van der Waals surface area contributed by atoms with Gasteiger partial charge in [0.1, 0.15) is 5.75 Å². The van der Waals surface area contributed by atoms with E-state index in [-0.39, 0.29) is 23.5 Å². The maximum absolute atomic E-state index is 12.4. The number of nitrogens with one attached hydrogen (secondary N) is 1. The fraction of sp³-hybridized carbons (Fsp3) is 0.588. The molecule has 1 saturated heterocycles. The summed E-state index contributed by atoms with van der Waals surface area (Å²) in [4.78, 5) is 14.4. The molecule has 1 aliphatic rings. The lowest BCUT2D eigenvalue weighted by atomic mass is 10.2. The van der Waals surface area contributed by atoms with Crippen LogP contribution >= 0.6 is 0 Å². The zero-order chi connectivity index (χ0) is 17.5. The maximum atomic E-state index is 12.4. The van der Waals surface area contributed by atoms with Crippen LogP contribution in [0.4, 0.5) is 8.78 Å². The molecule has 1 heterocycles. The van der Waals surface area contributed by atoms with Crippen molar-refractivity contribution in [1.82, 2.24) is 10.2 Å². The van der Waals surface area contributed by atoms with Gasteiger partial charge in [-0.3, -0.25) is 9.69 Å². The van der Waals surface area contributed by atoms with Gasteiger partial charge in [-0.25, -0.2) is 0 Å². The Hall–Kier alpha value is -1.73. The molecule has 2 atom stereocenters. The molecule has 0 saturated carbocycles. The highest BCUT2D eigenvalue weighted by Crippen LogP contribution is 2.20. The Labute approximate surface area is 140 Å². The second kappa shape index (κ2) is 8.94. The van der Waals surface area contributed by atoms with E-state index in [1.165, 1.54) is 12.1 Å². The third kappa shape index (κ3) is 5.72. The predicted molar refractivity (Wildman–Crippen MR) is 86.5 cm³/mol.